The van der Waals surface area contributed by atoms with Crippen molar-refractivity contribution < 1.29 is 19.1 Å². The highest BCUT2D eigenvalue weighted by atomic mass is 16.7. The van der Waals surface area contributed by atoms with Crippen molar-refractivity contribution in [3.8, 4) is 0 Å². The summed E-state index contributed by atoms with van der Waals surface area (Å²) in [5.74, 6) is 2.46. The van der Waals surface area contributed by atoms with E-state index in [2.05, 4.69) is 6.92 Å². The van der Waals surface area contributed by atoms with Crippen molar-refractivity contribution >= 4 is 11.6 Å². The summed E-state index contributed by atoms with van der Waals surface area (Å²) in [5, 5.41) is 0. The predicted octanol–water partition coefficient (Wildman–Crippen LogP) is 4.61. The van der Waals surface area contributed by atoms with Crippen LogP contribution in [0.25, 0.3) is 0 Å². The fraction of sp³-hybridized carbons (Fsp3) is 0.833. The van der Waals surface area contributed by atoms with Gasteiger partial charge in [-0.05, 0) is 81.6 Å². The van der Waals surface area contributed by atoms with Gasteiger partial charge in [-0.2, -0.15) is 0 Å². The normalized spacial score (nSPS) is 45.8. The summed E-state index contributed by atoms with van der Waals surface area (Å²) in [4.78, 5) is 24.9. The van der Waals surface area contributed by atoms with Crippen LogP contribution in [0.2, 0.25) is 0 Å². The molecule has 4 fully saturated rings. The SMILES string of the molecule is C[C@]12CC[C@H]3[C@@H](CCC4=CC(=O)CCC43COC3CCCCO3)[C@@H]1CCC2=O. The van der Waals surface area contributed by atoms with E-state index in [1.54, 1.807) is 0 Å². The zero-order chi connectivity index (χ0) is 19.4. The van der Waals surface area contributed by atoms with Crippen LogP contribution >= 0.6 is 0 Å². The molecule has 28 heavy (non-hydrogen) atoms. The van der Waals surface area contributed by atoms with E-state index < -0.39 is 0 Å². The third-order valence-corrected chi connectivity index (χ3v) is 9.06. The molecule has 0 amide bonds. The van der Waals surface area contributed by atoms with Crippen molar-refractivity contribution in [2.24, 2.45) is 28.6 Å². The highest BCUT2D eigenvalue weighted by Crippen LogP contribution is 2.64. The summed E-state index contributed by atoms with van der Waals surface area (Å²) >= 11 is 0. The number of hydrogen-bond donors (Lipinski definition) is 0. The first-order valence-corrected chi connectivity index (χ1v) is 11.5. The first-order chi connectivity index (χ1) is 13.5. The van der Waals surface area contributed by atoms with Crippen molar-refractivity contribution in [3.63, 3.8) is 0 Å². The van der Waals surface area contributed by atoms with Crippen LogP contribution in [0.1, 0.15) is 77.6 Å². The molecule has 0 N–H and O–H groups in total. The molecule has 0 bridgehead atoms. The minimum absolute atomic E-state index is 0.00932. The van der Waals surface area contributed by atoms with Crippen LogP contribution in [0.3, 0.4) is 0 Å². The molecular weight excluding hydrogens is 352 g/mol. The summed E-state index contributed by atoms with van der Waals surface area (Å²) < 4.78 is 12.2. The monoisotopic (exact) mass is 386 g/mol. The Labute approximate surface area is 168 Å². The van der Waals surface area contributed by atoms with Crippen LogP contribution in [-0.2, 0) is 19.1 Å². The van der Waals surface area contributed by atoms with Gasteiger partial charge >= 0.3 is 0 Å². The number of carbonyl (C=O) groups is 2. The molecule has 4 nitrogen and oxygen atoms in total. The van der Waals surface area contributed by atoms with Gasteiger partial charge in [0.15, 0.2) is 12.1 Å². The maximum absolute atomic E-state index is 12.6. The zero-order valence-corrected chi connectivity index (χ0v) is 17.2. The molecule has 5 rings (SSSR count). The largest absolute Gasteiger partial charge is 0.353 e. The molecule has 6 atom stereocenters. The first kappa shape index (κ1) is 19.0. The molecule has 2 unspecified atom stereocenters. The van der Waals surface area contributed by atoms with Gasteiger partial charge in [-0.15, -0.1) is 0 Å². The Morgan fingerprint density at radius 2 is 1.93 bits per heavy atom. The van der Waals surface area contributed by atoms with Crippen LogP contribution in [0, 0.1) is 28.6 Å². The number of Topliss-reactive ketones (excluding diaryl/α,β-unsaturated/α-hetero) is 1. The van der Waals surface area contributed by atoms with Crippen molar-refractivity contribution in [3.05, 3.63) is 11.6 Å². The number of ketones is 2. The lowest BCUT2D eigenvalue weighted by Crippen LogP contribution is -2.53. The Morgan fingerprint density at radius 3 is 2.75 bits per heavy atom. The van der Waals surface area contributed by atoms with Crippen molar-refractivity contribution in [1.29, 1.82) is 0 Å². The quantitative estimate of drug-likeness (QED) is 0.711. The van der Waals surface area contributed by atoms with Gasteiger partial charge in [-0.25, -0.2) is 0 Å². The lowest BCUT2D eigenvalue weighted by Gasteiger charge is -2.58. The van der Waals surface area contributed by atoms with Gasteiger partial charge < -0.3 is 9.47 Å². The van der Waals surface area contributed by atoms with Gasteiger partial charge in [0.05, 0.1) is 6.61 Å². The molecule has 3 saturated carbocycles. The van der Waals surface area contributed by atoms with Gasteiger partial charge in [0.1, 0.15) is 5.78 Å². The second kappa shape index (κ2) is 7.05. The third kappa shape index (κ3) is 2.86. The van der Waals surface area contributed by atoms with Crippen LogP contribution in [0.15, 0.2) is 11.6 Å². The zero-order valence-electron chi connectivity index (χ0n) is 17.2. The molecule has 0 aromatic carbocycles. The average Bonchev–Trinajstić information content (AvgIpc) is 3.02. The first-order valence-electron chi connectivity index (χ1n) is 11.5. The minimum Gasteiger partial charge on any atom is -0.353 e. The molecule has 1 saturated heterocycles. The summed E-state index contributed by atoms with van der Waals surface area (Å²) in [6.45, 7) is 3.72. The van der Waals surface area contributed by atoms with E-state index in [0.29, 0.717) is 36.6 Å². The second-order valence-corrected chi connectivity index (χ2v) is 10.2. The van der Waals surface area contributed by atoms with Gasteiger partial charge in [-0.1, -0.05) is 12.5 Å². The summed E-state index contributed by atoms with van der Waals surface area (Å²) in [7, 11) is 0. The van der Waals surface area contributed by atoms with Gasteiger partial charge in [-0.3, -0.25) is 9.59 Å². The highest BCUT2D eigenvalue weighted by Gasteiger charge is 2.60. The summed E-state index contributed by atoms with van der Waals surface area (Å²) in [5.41, 5.74) is 1.24. The standard InChI is InChI=1S/C24H34O4/c1-23-11-10-20-18(19(23)7-8-21(23)26)6-5-16-14-17(25)9-12-24(16,20)15-28-22-4-2-3-13-27-22/h14,18-20,22H,2-13,15H2,1H3/t18-,19-,20-,22?,23-,24?/m0/s1. The van der Waals surface area contributed by atoms with E-state index in [9.17, 15) is 9.59 Å². The second-order valence-electron chi connectivity index (χ2n) is 10.2. The van der Waals surface area contributed by atoms with Crippen LogP contribution in [0.5, 0.6) is 0 Å². The van der Waals surface area contributed by atoms with E-state index in [1.807, 2.05) is 6.08 Å². The van der Waals surface area contributed by atoms with Crippen LogP contribution in [-0.4, -0.2) is 31.1 Å². The van der Waals surface area contributed by atoms with Gasteiger partial charge in [0.25, 0.3) is 0 Å². The van der Waals surface area contributed by atoms with E-state index in [0.717, 1.165) is 64.4 Å². The Morgan fingerprint density at radius 1 is 1.04 bits per heavy atom. The fourth-order valence-corrected chi connectivity index (χ4v) is 7.49. The smallest absolute Gasteiger partial charge is 0.157 e. The highest BCUT2D eigenvalue weighted by molar-refractivity contribution is 5.91. The van der Waals surface area contributed by atoms with Gasteiger partial charge in [0.2, 0.25) is 0 Å². The van der Waals surface area contributed by atoms with E-state index >= 15 is 0 Å². The molecule has 0 aromatic rings. The molecule has 154 valence electrons. The molecular formula is C24H34O4. The van der Waals surface area contributed by atoms with Gasteiger partial charge in [0, 0.05) is 30.3 Å². The molecule has 1 heterocycles. The van der Waals surface area contributed by atoms with Crippen LogP contribution in [0.4, 0.5) is 0 Å². The maximum Gasteiger partial charge on any atom is 0.157 e. The van der Waals surface area contributed by atoms with Crippen molar-refractivity contribution in [2.45, 2.75) is 83.8 Å². The number of rotatable bonds is 3. The maximum atomic E-state index is 12.6. The Balaban J connectivity index is 1.44. The fourth-order valence-electron chi connectivity index (χ4n) is 7.49. The number of hydrogen-bond acceptors (Lipinski definition) is 4. The topological polar surface area (TPSA) is 52.6 Å². The molecule has 5 aliphatic rings. The molecule has 1 aliphatic heterocycles. The number of fused-ring (bicyclic) bond motifs is 5. The third-order valence-electron chi connectivity index (χ3n) is 9.06. The minimum atomic E-state index is -0.0958. The molecule has 0 radical (unpaired) electrons. The van der Waals surface area contributed by atoms with E-state index in [1.165, 1.54) is 12.0 Å². The molecule has 0 spiro atoms. The average molecular weight is 387 g/mol. The summed E-state index contributed by atoms with van der Waals surface area (Å²) in [6, 6.07) is 0. The predicted molar refractivity (Wildman–Crippen MR) is 106 cm³/mol. The van der Waals surface area contributed by atoms with Crippen molar-refractivity contribution in [1.82, 2.24) is 0 Å². The van der Waals surface area contributed by atoms with Crippen molar-refractivity contribution in [2.75, 3.05) is 13.2 Å². The lowest BCUT2D eigenvalue weighted by molar-refractivity contribution is -0.191. The number of carbonyl (C=O) groups excluding carboxylic acids is 2. The molecule has 4 heteroatoms. The lowest BCUT2D eigenvalue weighted by atomic mass is 9.47. The molecule has 0 aromatic heterocycles. The molecule has 4 aliphatic carbocycles. The van der Waals surface area contributed by atoms with E-state index in [-0.39, 0.29) is 22.9 Å². The summed E-state index contributed by atoms with van der Waals surface area (Å²) in [6.07, 6.45) is 12.8. The Bertz CT molecular complexity index is 691. The Kier molecular flexibility index (Phi) is 4.78. The number of ether oxygens (including phenoxy) is 2. The van der Waals surface area contributed by atoms with E-state index in [4.69, 9.17) is 9.47 Å². The Hall–Kier alpha value is -1.00. The van der Waals surface area contributed by atoms with Crippen LogP contribution < -0.4 is 0 Å².